The lowest BCUT2D eigenvalue weighted by Gasteiger charge is -2.01. The molecule has 0 saturated heterocycles. The summed E-state index contributed by atoms with van der Waals surface area (Å²) in [6, 6.07) is 9.82. The first kappa shape index (κ1) is 9.35. The monoisotopic (exact) mass is 195 g/mol. The number of pyridine rings is 2. The van der Waals surface area contributed by atoms with Crippen molar-refractivity contribution < 1.29 is 0 Å². The number of rotatable bonds is 2. The van der Waals surface area contributed by atoms with Crippen LogP contribution in [0.5, 0.6) is 0 Å². The van der Waals surface area contributed by atoms with Crippen molar-refractivity contribution in [3.05, 3.63) is 48.5 Å². The SMILES string of the molecule is N#CCc1cc(-c2ccncc2)ccn1. The molecule has 15 heavy (non-hydrogen) atoms. The van der Waals surface area contributed by atoms with Crippen LogP contribution in [-0.2, 0) is 6.42 Å². The molecule has 0 unspecified atom stereocenters. The second-order valence-electron chi connectivity index (χ2n) is 3.11. The van der Waals surface area contributed by atoms with E-state index in [1.54, 1.807) is 18.6 Å². The Hall–Kier alpha value is -2.21. The van der Waals surface area contributed by atoms with Gasteiger partial charge in [0.25, 0.3) is 0 Å². The Morgan fingerprint density at radius 3 is 2.53 bits per heavy atom. The molecule has 0 fully saturated rings. The van der Waals surface area contributed by atoms with E-state index in [-0.39, 0.29) is 0 Å². The fourth-order valence-electron chi connectivity index (χ4n) is 1.38. The Morgan fingerprint density at radius 1 is 1.07 bits per heavy atom. The molecule has 72 valence electrons. The maximum atomic E-state index is 8.58. The first-order valence-corrected chi connectivity index (χ1v) is 4.62. The molecule has 0 amide bonds. The van der Waals surface area contributed by atoms with Gasteiger partial charge in [0.1, 0.15) is 0 Å². The van der Waals surface area contributed by atoms with Gasteiger partial charge in [0, 0.05) is 18.6 Å². The molecule has 0 aliphatic carbocycles. The van der Waals surface area contributed by atoms with Crippen LogP contribution in [0.3, 0.4) is 0 Å². The van der Waals surface area contributed by atoms with E-state index < -0.39 is 0 Å². The van der Waals surface area contributed by atoms with Crippen molar-refractivity contribution in [2.75, 3.05) is 0 Å². The van der Waals surface area contributed by atoms with Crippen LogP contribution >= 0.6 is 0 Å². The summed E-state index contributed by atoms with van der Waals surface area (Å²) in [5.41, 5.74) is 2.95. The van der Waals surface area contributed by atoms with Crippen LogP contribution in [0.25, 0.3) is 11.1 Å². The lowest BCUT2D eigenvalue weighted by molar-refractivity contribution is 1.12. The Balaban J connectivity index is 2.38. The lowest BCUT2D eigenvalue weighted by Crippen LogP contribution is -1.88. The van der Waals surface area contributed by atoms with Crippen molar-refractivity contribution in [3.63, 3.8) is 0 Å². The predicted molar refractivity (Wildman–Crippen MR) is 56.8 cm³/mol. The highest BCUT2D eigenvalue weighted by atomic mass is 14.7. The first-order valence-electron chi connectivity index (χ1n) is 4.62. The smallest absolute Gasteiger partial charge is 0.0774 e. The van der Waals surface area contributed by atoms with E-state index in [0.717, 1.165) is 16.8 Å². The molecule has 0 bridgehead atoms. The largest absolute Gasteiger partial charge is 0.265 e. The second-order valence-corrected chi connectivity index (χ2v) is 3.11. The third-order valence-electron chi connectivity index (χ3n) is 2.09. The number of aromatic nitrogens is 2. The van der Waals surface area contributed by atoms with Crippen molar-refractivity contribution in [1.82, 2.24) is 9.97 Å². The van der Waals surface area contributed by atoms with Crippen molar-refractivity contribution in [3.8, 4) is 17.2 Å². The fourth-order valence-corrected chi connectivity index (χ4v) is 1.38. The van der Waals surface area contributed by atoms with Crippen LogP contribution < -0.4 is 0 Å². The molecule has 3 nitrogen and oxygen atoms in total. The van der Waals surface area contributed by atoms with Gasteiger partial charge >= 0.3 is 0 Å². The van der Waals surface area contributed by atoms with Crippen LogP contribution in [0.4, 0.5) is 0 Å². The zero-order chi connectivity index (χ0) is 10.5. The van der Waals surface area contributed by atoms with E-state index >= 15 is 0 Å². The van der Waals surface area contributed by atoms with Crippen molar-refractivity contribution >= 4 is 0 Å². The molecule has 0 spiro atoms. The molecule has 0 saturated carbocycles. The van der Waals surface area contributed by atoms with Crippen LogP contribution in [0, 0.1) is 11.3 Å². The fraction of sp³-hybridized carbons (Fsp3) is 0.0833. The molecule has 0 atom stereocenters. The normalized spacial score (nSPS) is 9.53. The number of nitrogens with zero attached hydrogens (tertiary/aromatic N) is 3. The molecule has 2 aromatic rings. The molecule has 2 aromatic heterocycles. The Morgan fingerprint density at radius 2 is 1.80 bits per heavy atom. The van der Waals surface area contributed by atoms with Gasteiger partial charge in [-0.2, -0.15) is 5.26 Å². The highest BCUT2D eigenvalue weighted by Gasteiger charge is 1.99. The quantitative estimate of drug-likeness (QED) is 0.738. The molecule has 0 N–H and O–H groups in total. The average molecular weight is 195 g/mol. The second kappa shape index (κ2) is 4.34. The molecule has 2 heterocycles. The van der Waals surface area contributed by atoms with Crippen LogP contribution in [-0.4, -0.2) is 9.97 Å². The maximum Gasteiger partial charge on any atom is 0.0774 e. The predicted octanol–water partition coefficient (Wildman–Crippen LogP) is 2.21. The van der Waals surface area contributed by atoms with Gasteiger partial charge in [-0.3, -0.25) is 9.97 Å². The minimum Gasteiger partial charge on any atom is -0.265 e. The van der Waals surface area contributed by atoms with Crippen molar-refractivity contribution in [2.45, 2.75) is 6.42 Å². The molecule has 0 aliphatic heterocycles. The van der Waals surface area contributed by atoms with Gasteiger partial charge in [-0.25, -0.2) is 0 Å². The highest BCUT2D eigenvalue weighted by molar-refractivity contribution is 5.62. The number of hydrogen-bond acceptors (Lipinski definition) is 3. The minimum absolute atomic E-state index is 0.346. The summed E-state index contributed by atoms with van der Waals surface area (Å²) in [6.07, 6.45) is 5.57. The van der Waals surface area contributed by atoms with Crippen LogP contribution in [0.2, 0.25) is 0 Å². The van der Waals surface area contributed by atoms with Gasteiger partial charge in [-0.15, -0.1) is 0 Å². The summed E-state index contributed by atoms with van der Waals surface area (Å²) in [5.74, 6) is 0. The first-order chi connectivity index (χ1) is 7.40. The molecular formula is C12H9N3. The highest BCUT2D eigenvalue weighted by Crippen LogP contribution is 2.18. The van der Waals surface area contributed by atoms with Gasteiger partial charge in [0.2, 0.25) is 0 Å². The standard InChI is InChI=1S/C12H9N3/c13-5-1-12-9-11(4-8-15-12)10-2-6-14-7-3-10/h2-4,6-9H,1H2. The van der Waals surface area contributed by atoms with Gasteiger partial charge < -0.3 is 0 Å². The van der Waals surface area contributed by atoms with E-state index in [0.29, 0.717) is 6.42 Å². The Labute approximate surface area is 88.1 Å². The summed E-state index contributed by atoms with van der Waals surface area (Å²) in [7, 11) is 0. The summed E-state index contributed by atoms with van der Waals surface area (Å²) in [4.78, 5) is 8.08. The molecular weight excluding hydrogens is 186 g/mol. The van der Waals surface area contributed by atoms with Crippen LogP contribution in [0.1, 0.15) is 5.69 Å². The van der Waals surface area contributed by atoms with E-state index in [2.05, 4.69) is 16.0 Å². The average Bonchev–Trinajstić information content (AvgIpc) is 2.31. The maximum absolute atomic E-state index is 8.58. The molecule has 0 aliphatic rings. The van der Waals surface area contributed by atoms with Gasteiger partial charge in [0.05, 0.1) is 18.2 Å². The number of nitriles is 1. The molecule has 3 heteroatoms. The molecule has 0 aromatic carbocycles. The van der Waals surface area contributed by atoms with Crippen molar-refractivity contribution in [1.29, 1.82) is 5.26 Å². The van der Waals surface area contributed by atoms with Crippen molar-refractivity contribution in [2.24, 2.45) is 0 Å². The third kappa shape index (κ3) is 2.18. The Kier molecular flexibility index (Phi) is 2.70. The molecule has 0 radical (unpaired) electrons. The topological polar surface area (TPSA) is 49.6 Å². The summed E-state index contributed by atoms with van der Waals surface area (Å²) in [5, 5.41) is 8.58. The van der Waals surface area contributed by atoms with E-state index in [1.165, 1.54) is 0 Å². The molecule has 2 rings (SSSR count). The van der Waals surface area contributed by atoms with E-state index in [1.807, 2.05) is 24.3 Å². The summed E-state index contributed by atoms with van der Waals surface area (Å²) in [6.45, 7) is 0. The van der Waals surface area contributed by atoms with Gasteiger partial charge in [-0.1, -0.05) is 0 Å². The third-order valence-corrected chi connectivity index (χ3v) is 2.09. The Bertz CT molecular complexity index is 486. The zero-order valence-corrected chi connectivity index (χ0v) is 8.09. The van der Waals surface area contributed by atoms with Crippen LogP contribution in [0.15, 0.2) is 42.9 Å². The minimum atomic E-state index is 0.346. The van der Waals surface area contributed by atoms with Gasteiger partial charge in [-0.05, 0) is 35.4 Å². The summed E-state index contributed by atoms with van der Waals surface area (Å²) >= 11 is 0. The lowest BCUT2D eigenvalue weighted by atomic mass is 10.1. The zero-order valence-electron chi connectivity index (χ0n) is 8.09. The van der Waals surface area contributed by atoms with E-state index in [4.69, 9.17) is 5.26 Å². The number of hydrogen-bond donors (Lipinski definition) is 0. The van der Waals surface area contributed by atoms with Gasteiger partial charge in [0.15, 0.2) is 0 Å². The summed E-state index contributed by atoms with van der Waals surface area (Å²) < 4.78 is 0. The van der Waals surface area contributed by atoms with E-state index in [9.17, 15) is 0 Å².